The number of morpholine rings is 1. The maximum atomic E-state index is 12.6. The number of rotatable bonds is 1. The molecule has 0 unspecified atom stereocenters. The molecule has 21 heavy (non-hydrogen) atoms. The van der Waals surface area contributed by atoms with E-state index in [0.717, 1.165) is 0 Å². The standard InChI is InChI=1S/C15H18N2O4/c1-9-6-17(7-10(2)21-9)15(19)11-3-4-12-13(5-11)20-8-14(18)16-12/h3-5,9-10H,6-8H2,1-2H3,(H,16,18)/t9-,10-/m1/s1. The molecule has 0 aromatic heterocycles. The molecule has 1 N–H and O–H groups in total. The Balaban J connectivity index is 1.80. The Bertz CT molecular complexity index is 577. The van der Waals surface area contributed by atoms with E-state index >= 15 is 0 Å². The topological polar surface area (TPSA) is 67.9 Å². The number of anilines is 1. The highest BCUT2D eigenvalue weighted by Gasteiger charge is 2.27. The molecule has 112 valence electrons. The van der Waals surface area contributed by atoms with Crippen LogP contribution in [0.5, 0.6) is 5.75 Å². The van der Waals surface area contributed by atoms with E-state index in [9.17, 15) is 9.59 Å². The maximum absolute atomic E-state index is 12.6. The molecule has 1 saturated heterocycles. The highest BCUT2D eigenvalue weighted by molar-refractivity contribution is 5.99. The quantitative estimate of drug-likeness (QED) is 0.845. The van der Waals surface area contributed by atoms with Gasteiger partial charge in [0.25, 0.3) is 11.8 Å². The third-order valence-corrected chi connectivity index (χ3v) is 3.57. The number of nitrogens with one attached hydrogen (secondary N) is 1. The normalized spacial score (nSPS) is 24.9. The van der Waals surface area contributed by atoms with Crippen LogP contribution in [-0.2, 0) is 9.53 Å². The molecule has 3 rings (SSSR count). The molecule has 6 nitrogen and oxygen atoms in total. The van der Waals surface area contributed by atoms with Crippen molar-refractivity contribution < 1.29 is 19.1 Å². The number of hydrogen-bond acceptors (Lipinski definition) is 4. The van der Waals surface area contributed by atoms with Crippen LogP contribution < -0.4 is 10.1 Å². The molecule has 2 aliphatic rings. The van der Waals surface area contributed by atoms with Crippen molar-refractivity contribution in [3.05, 3.63) is 23.8 Å². The summed E-state index contributed by atoms with van der Waals surface area (Å²) in [7, 11) is 0. The Morgan fingerprint density at radius 2 is 2.00 bits per heavy atom. The molecule has 0 radical (unpaired) electrons. The van der Waals surface area contributed by atoms with Crippen molar-refractivity contribution in [2.45, 2.75) is 26.1 Å². The fourth-order valence-electron chi connectivity index (χ4n) is 2.73. The first-order valence-corrected chi connectivity index (χ1v) is 7.04. The fourth-order valence-corrected chi connectivity index (χ4v) is 2.73. The van der Waals surface area contributed by atoms with Gasteiger partial charge >= 0.3 is 0 Å². The molecule has 0 spiro atoms. The van der Waals surface area contributed by atoms with Crippen LogP contribution in [0.25, 0.3) is 0 Å². The van der Waals surface area contributed by atoms with Gasteiger partial charge in [-0.2, -0.15) is 0 Å². The minimum atomic E-state index is -0.183. The summed E-state index contributed by atoms with van der Waals surface area (Å²) in [5, 5.41) is 2.71. The summed E-state index contributed by atoms with van der Waals surface area (Å²) in [5.41, 5.74) is 1.16. The first-order valence-electron chi connectivity index (χ1n) is 7.04. The fraction of sp³-hybridized carbons (Fsp3) is 0.467. The Hall–Kier alpha value is -2.08. The average Bonchev–Trinajstić information content (AvgIpc) is 2.45. The van der Waals surface area contributed by atoms with Crippen LogP contribution >= 0.6 is 0 Å². The Morgan fingerprint density at radius 3 is 2.71 bits per heavy atom. The lowest BCUT2D eigenvalue weighted by Crippen LogP contribution is -2.48. The number of carbonyl (C=O) groups is 2. The third kappa shape index (κ3) is 2.85. The van der Waals surface area contributed by atoms with Gasteiger partial charge in [-0.1, -0.05) is 0 Å². The predicted molar refractivity (Wildman–Crippen MR) is 76.5 cm³/mol. The Morgan fingerprint density at radius 1 is 1.29 bits per heavy atom. The summed E-state index contributed by atoms with van der Waals surface area (Å²) in [6, 6.07) is 5.09. The summed E-state index contributed by atoms with van der Waals surface area (Å²) in [6.07, 6.45) is 0.0664. The van der Waals surface area contributed by atoms with E-state index in [4.69, 9.17) is 9.47 Å². The van der Waals surface area contributed by atoms with Gasteiger partial charge in [-0.15, -0.1) is 0 Å². The molecule has 2 heterocycles. The monoisotopic (exact) mass is 290 g/mol. The lowest BCUT2D eigenvalue weighted by molar-refractivity contribution is -0.118. The van der Waals surface area contributed by atoms with Crippen LogP contribution in [0, 0.1) is 0 Å². The van der Waals surface area contributed by atoms with Gasteiger partial charge in [0.15, 0.2) is 6.61 Å². The van der Waals surface area contributed by atoms with Crippen molar-refractivity contribution in [2.75, 3.05) is 25.0 Å². The van der Waals surface area contributed by atoms with Gasteiger partial charge in [0.2, 0.25) is 0 Å². The van der Waals surface area contributed by atoms with Crippen molar-refractivity contribution in [1.29, 1.82) is 0 Å². The molecule has 2 atom stereocenters. The number of nitrogens with zero attached hydrogens (tertiary/aromatic N) is 1. The van der Waals surface area contributed by atoms with Gasteiger partial charge in [0.05, 0.1) is 17.9 Å². The van der Waals surface area contributed by atoms with E-state index in [1.807, 2.05) is 13.8 Å². The first kappa shape index (κ1) is 13.9. The van der Waals surface area contributed by atoms with E-state index < -0.39 is 0 Å². The predicted octanol–water partition coefficient (Wildman–Crippen LogP) is 1.27. The van der Waals surface area contributed by atoms with Crippen LogP contribution in [0.15, 0.2) is 18.2 Å². The molecule has 0 bridgehead atoms. The summed E-state index contributed by atoms with van der Waals surface area (Å²) in [4.78, 5) is 25.6. The highest BCUT2D eigenvalue weighted by atomic mass is 16.5. The molecule has 2 aliphatic heterocycles. The minimum absolute atomic E-state index is 0.0176. The van der Waals surface area contributed by atoms with Gasteiger partial charge in [-0.05, 0) is 32.0 Å². The van der Waals surface area contributed by atoms with Gasteiger partial charge < -0.3 is 19.7 Å². The van der Waals surface area contributed by atoms with Gasteiger partial charge in [-0.3, -0.25) is 9.59 Å². The van der Waals surface area contributed by atoms with Crippen LogP contribution in [-0.4, -0.2) is 48.6 Å². The van der Waals surface area contributed by atoms with Gasteiger partial charge in [0, 0.05) is 18.7 Å². The zero-order valence-corrected chi connectivity index (χ0v) is 12.1. The molecule has 1 aromatic carbocycles. The van der Waals surface area contributed by atoms with Crippen molar-refractivity contribution >= 4 is 17.5 Å². The van der Waals surface area contributed by atoms with E-state index in [1.54, 1.807) is 23.1 Å². The second-order valence-electron chi connectivity index (χ2n) is 5.52. The Kier molecular flexibility index (Phi) is 3.55. The number of fused-ring (bicyclic) bond motifs is 1. The van der Waals surface area contributed by atoms with Crippen LogP contribution in [0.3, 0.4) is 0 Å². The van der Waals surface area contributed by atoms with E-state index in [-0.39, 0.29) is 30.6 Å². The van der Waals surface area contributed by atoms with Crippen molar-refractivity contribution in [2.24, 2.45) is 0 Å². The van der Waals surface area contributed by atoms with Crippen LogP contribution in [0.1, 0.15) is 24.2 Å². The van der Waals surface area contributed by atoms with Crippen molar-refractivity contribution in [3.63, 3.8) is 0 Å². The molecule has 0 saturated carbocycles. The van der Waals surface area contributed by atoms with Crippen molar-refractivity contribution in [3.8, 4) is 5.75 Å². The second-order valence-corrected chi connectivity index (χ2v) is 5.52. The van der Waals surface area contributed by atoms with E-state index in [1.165, 1.54) is 0 Å². The lowest BCUT2D eigenvalue weighted by atomic mass is 10.1. The summed E-state index contributed by atoms with van der Waals surface area (Å²) >= 11 is 0. The van der Waals surface area contributed by atoms with E-state index in [0.29, 0.717) is 30.1 Å². The van der Waals surface area contributed by atoms with Crippen LogP contribution in [0.2, 0.25) is 0 Å². The number of amides is 2. The highest BCUT2D eigenvalue weighted by Crippen LogP contribution is 2.29. The second kappa shape index (κ2) is 5.37. The number of carbonyl (C=O) groups excluding carboxylic acids is 2. The van der Waals surface area contributed by atoms with Crippen LogP contribution in [0.4, 0.5) is 5.69 Å². The third-order valence-electron chi connectivity index (χ3n) is 3.57. The van der Waals surface area contributed by atoms with Gasteiger partial charge in [0.1, 0.15) is 5.75 Å². The molecule has 1 fully saturated rings. The SMILES string of the molecule is C[C@@H]1CN(C(=O)c2ccc3c(c2)OCC(=O)N3)C[C@@H](C)O1. The molecule has 0 aliphatic carbocycles. The molecule has 2 amide bonds. The molecular formula is C15H18N2O4. The zero-order valence-electron chi connectivity index (χ0n) is 12.1. The summed E-state index contributed by atoms with van der Waals surface area (Å²) < 4.78 is 11.0. The largest absolute Gasteiger partial charge is 0.482 e. The molecular weight excluding hydrogens is 272 g/mol. The smallest absolute Gasteiger partial charge is 0.262 e. The number of benzene rings is 1. The average molecular weight is 290 g/mol. The number of ether oxygens (including phenoxy) is 2. The van der Waals surface area contributed by atoms with Crippen molar-refractivity contribution in [1.82, 2.24) is 4.90 Å². The molecule has 1 aromatic rings. The van der Waals surface area contributed by atoms with Gasteiger partial charge in [-0.25, -0.2) is 0 Å². The number of hydrogen-bond donors (Lipinski definition) is 1. The minimum Gasteiger partial charge on any atom is -0.482 e. The molecule has 6 heteroatoms. The maximum Gasteiger partial charge on any atom is 0.262 e. The van der Waals surface area contributed by atoms with E-state index in [2.05, 4.69) is 5.32 Å². The summed E-state index contributed by atoms with van der Waals surface area (Å²) in [5.74, 6) is 0.313. The Labute approximate surface area is 123 Å². The lowest BCUT2D eigenvalue weighted by Gasteiger charge is -2.35. The zero-order chi connectivity index (χ0) is 15.0. The first-order chi connectivity index (χ1) is 10.0. The summed E-state index contributed by atoms with van der Waals surface area (Å²) in [6.45, 7) is 5.06.